The molecule has 0 unspecified atom stereocenters. The molecule has 0 spiro atoms. The van der Waals surface area contributed by atoms with Gasteiger partial charge < -0.3 is 11.1 Å². The molecule has 0 amide bonds. The molecule has 14 heavy (non-hydrogen) atoms. The third-order valence-electron chi connectivity index (χ3n) is 2.74. The third-order valence-corrected chi connectivity index (χ3v) is 2.74. The number of rotatable bonds is 3. The Morgan fingerprint density at radius 1 is 1.43 bits per heavy atom. The highest BCUT2D eigenvalue weighted by Gasteiger charge is 2.16. The van der Waals surface area contributed by atoms with Crippen LogP contribution in [0.3, 0.4) is 0 Å². The van der Waals surface area contributed by atoms with E-state index in [1.807, 2.05) is 0 Å². The zero-order valence-corrected chi connectivity index (χ0v) is 8.09. The molecule has 3 heteroatoms. The zero-order chi connectivity index (χ0) is 9.97. The Morgan fingerprint density at radius 2 is 2.21 bits per heavy atom. The fourth-order valence-electron chi connectivity index (χ4n) is 1.61. The number of halogens is 1. The van der Waals surface area contributed by atoms with Crippen LogP contribution in [0.1, 0.15) is 24.8 Å². The molecule has 0 radical (unpaired) electrons. The van der Waals surface area contributed by atoms with E-state index < -0.39 is 0 Å². The molecule has 3 N–H and O–H groups in total. The first-order chi connectivity index (χ1) is 6.79. The summed E-state index contributed by atoms with van der Waals surface area (Å²) in [6.45, 7) is 0.256. The first-order valence-electron chi connectivity index (χ1n) is 5.04. The molecule has 0 aliphatic heterocycles. The van der Waals surface area contributed by atoms with Gasteiger partial charge in [0.15, 0.2) is 0 Å². The van der Waals surface area contributed by atoms with Crippen molar-refractivity contribution in [2.24, 2.45) is 5.73 Å². The molecule has 0 aromatic heterocycles. The van der Waals surface area contributed by atoms with Crippen LogP contribution in [0.2, 0.25) is 0 Å². The van der Waals surface area contributed by atoms with E-state index in [1.165, 1.54) is 25.3 Å². The molecular formula is C11H15FN2. The standard InChI is InChI=1S/C11H15FN2/c12-11-5-4-10(6-8(11)7-13)14-9-2-1-3-9/h4-6,9,14H,1-3,7,13H2. The van der Waals surface area contributed by atoms with Crippen LogP contribution in [0.5, 0.6) is 0 Å². The van der Waals surface area contributed by atoms with Gasteiger partial charge in [-0.3, -0.25) is 0 Å². The number of nitrogens with one attached hydrogen (secondary N) is 1. The summed E-state index contributed by atoms with van der Waals surface area (Å²) in [5.41, 5.74) is 6.99. The topological polar surface area (TPSA) is 38.0 Å². The van der Waals surface area contributed by atoms with Crippen LogP contribution in [-0.2, 0) is 6.54 Å². The average Bonchev–Trinajstić information content (AvgIpc) is 2.14. The lowest BCUT2D eigenvalue weighted by atomic mass is 9.93. The van der Waals surface area contributed by atoms with Gasteiger partial charge >= 0.3 is 0 Å². The fourth-order valence-corrected chi connectivity index (χ4v) is 1.61. The van der Waals surface area contributed by atoms with Gasteiger partial charge in [-0.05, 0) is 37.5 Å². The van der Waals surface area contributed by atoms with Gasteiger partial charge in [-0.2, -0.15) is 0 Å². The normalized spacial score (nSPS) is 16.4. The van der Waals surface area contributed by atoms with Crippen molar-refractivity contribution < 1.29 is 4.39 Å². The van der Waals surface area contributed by atoms with Crippen molar-refractivity contribution in [2.75, 3.05) is 5.32 Å². The second-order valence-electron chi connectivity index (χ2n) is 3.78. The van der Waals surface area contributed by atoms with Crippen molar-refractivity contribution in [3.05, 3.63) is 29.6 Å². The summed E-state index contributed by atoms with van der Waals surface area (Å²) in [5.74, 6) is -0.216. The third kappa shape index (κ3) is 1.87. The van der Waals surface area contributed by atoms with Crippen LogP contribution in [0, 0.1) is 5.82 Å². The SMILES string of the molecule is NCc1cc(NC2CCC2)ccc1F. The molecule has 1 aliphatic rings. The molecule has 76 valence electrons. The molecule has 2 rings (SSSR count). The lowest BCUT2D eigenvalue weighted by Gasteiger charge is -2.27. The van der Waals surface area contributed by atoms with Crippen LogP contribution in [0.15, 0.2) is 18.2 Å². The smallest absolute Gasteiger partial charge is 0.127 e. The molecule has 0 saturated heterocycles. The minimum Gasteiger partial charge on any atom is -0.382 e. The van der Waals surface area contributed by atoms with Crippen molar-refractivity contribution in [3.63, 3.8) is 0 Å². The maximum Gasteiger partial charge on any atom is 0.127 e. The van der Waals surface area contributed by atoms with Gasteiger partial charge in [0, 0.05) is 23.8 Å². The average molecular weight is 194 g/mol. The van der Waals surface area contributed by atoms with E-state index in [4.69, 9.17) is 5.73 Å². The molecule has 0 bridgehead atoms. The van der Waals surface area contributed by atoms with E-state index in [9.17, 15) is 4.39 Å². The first-order valence-corrected chi connectivity index (χ1v) is 5.04. The van der Waals surface area contributed by atoms with Gasteiger partial charge in [0.25, 0.3) is 0 Å². The van der Waals surface area contributed by atoms with Gasteiger partial charge in [0.1, 0.15) is 5.82 Å². The van der Waals surface area contributed by atoms with Crippen molar-refractivity contribution in [3.8, 4) is 0 Å². The van der Waals surface area contributed by atoms with E-state index in [0.717, 1.165) is 5.69 Å². The molecule has 1 aliphatic carbocycles. The molecule has 1 aromatic rings. The van der Waals surface area contributed by atoms with E-state index in [0.29, 0.717) is 11.6 Å². The quantitative estimate of drug-likeness (QED) is 0.774. The number of benzene rings is 1. The Balaban J connectivity index is 2.09. The van der Waals surface area contributed by atoms with Crippen LogP contribution in [-0.4, -0.2) is 6.04 Å². The van der Waals surface area contributed by atoms with Crippen molar-refractivity contribution in [1.29, 1.82) is 0 Å². The van der Waals surface area contributed by atoms with Gasteiger partial charge in [0.05, 0.1) is 0 Å². The Morgan fingerprint density at radius 3 is 2.79 bits per heavy atom. The van der Waals surface area contributed by atoms with Crippen LogP contribution < -0.4 is 11.1 Å². The van der Waals surface area contributed by atoms with Gasteiger partial charge in [-0.25, -0.2) is 4.39 Å². The molecule has 1 fully saturated rings. The molecule has 0 heterocycles. The number of hydrogen-bond acceptors (Lipinski definition) is 2. The Kier molecular flexibility index (Phi) is 2.68. The maximum absolute atomic E-state index is 13.1. The minimum atomic E-state index is -0.216. The predicted molar refractivity (Wildman–Crippen MR) is 55.6 cm³/mol. The number of hydrogen-bond donors (Lipinski definition) is 2. The summed E-state index contributed by atoms with van der Waals surface area (Å²) in [6.07, 6.45) is 3.73. The summed E-state index contributed by atoms with van der Waals surface area (Å²) < 4.78 is 13.1. The fraction of sp³-hybridized carbons (Fsp3) is 0.455. The maximum atomic E-state index is 13.1. The monoisotopic (exact) mass is 194 g/mol. The zero-order valence-electron chi connectivity index (χ0n) is 8.09. The number of anilines is 1. The Labute approximate surface area is 83.3 Å². The second kappa shape index (κ2) is 3.96. The highest BCUT2D eigenvalue weighted by atomic mass is 19.1. The Hall–Kier alpha value is -1.09. The van der Waals surface area contributed by atoms with E-state index in [2.05, 4.69) is 5.32 Å². The summed E-state index contributed by atoms with van der Waals surface area (Å²) in [6, 6.07) is 5.62. The van der Waals surface area contributed by atoms with Crippen molar-refractivity contribution in [2.45, 2.75) is 31.8 Å². The lowest BCUT2D eigenvalue weighted by molar-refractivity contribution is 0.445. The van der Waals surface area contributed by atoms with Gasteiger partial charge in [0.2, 0.25) is 0 Å². The highest BCUT2D eigenvalue weighted by Crippen LogP contribution is 2.24. The highest BCUT2D eigenvalue weighted by molar-refractivity contribution is 5.47. The minimum absolute atomic E-state index is 0.216. The van der Waals surface area contributed by atoms with E-state index >= 15 is 0 Å². The summed E-state index contributed by atoms with van der Waals surface area (Å²) >= 11 is 0. The van der Waals surface area contributed by atoms with E-state index in [1.54, 1.807) is 12.1 Å². The van der Waals surface area contributed by atoms with E-state index in [-0.39, 0.29) is 12.4 Å². The lowest BCUT2D eigenvalue weighted by Crippen LogP contribution is -2.27. The summed E-state index contributed by atoms with van der Waals surface area (Å²) in [7, 11) is 0. The summed E-state index contributed by atoms with van der Waals surface area (Å²) in [4.78, 5) is 0. The van der Waals surface area contributed by atoms with Crippen LogP contribution in [0.4, 0.5) is 10.1 Å². The second-order valence-corrected chi connectivity index (χ2v) is 3.78. The summed E-state index contributed by atoms with van der Waals surface area (Å²) in [5, 5.41) is 3.36. The van der Waals surface area contributed by atoms with Gasteiger partial charge in [-0.15, -0.1) is 0 Å². The molecular weight excluding hydrogens is 179 g/mol. The molecule has 2 nitrogen and oxygen atoms in total. The first kappa shape index (κ1) is 9.46. The van der Waals surface area contributed by atoms with Crippen molar-refractivity contribution in [1.82, 2.24) is 0 Å². The van der Waals surface area contributed by atoms with Gasteiger partial charge in [-0.1, -0.05) is 0 Å². The molecule has 1 aromatic carbocycles. The Bertz CT molecular complexity index is 321. The van der Waals surface area contributed by atoms with Crippen molar-refractivity contribution >= 4 is 5.69 Å². The molecule has 0 atom stereocenters. The van der Waals surface area contributed by atoms with Crippen LogP contribution >= 0.6 is 0 Å². The predicted octanol–water partition coefficient (Wildman–Crippen LogP) is 2.25. The largest absolute Gasteiger partial charge is 0.382 e. The number of nitrogens with two attached hydrogens (primary N) is 1. The molecule has 1 saturated carbocycles. The van der Waals surface area contributed by atoms with Crippen LogP contribution in [0.25, 0.3) is 0 Å².